The van der Waals surface area contributed by atoms with Crippen LogP contribution in [0.5, 0.6) is 0 Å². The van der Waals surface area contributed by atoms with Gasteiger partial charge in [-0.1, -0.05) is 41.5 Å². The van der Waals surface area contributed by atoms with E-state index in [9.17, 15) is 0 Å². The van der Waals surface area contributed by atoms with Gasteiger partial charge < -0.3 is 8.85 Å². The summed E-state index contributed by atoms with van der Waals surface area (Å²) >= 11 is 0. The fourth-order valence-corrected chi connectivity index (χ4v) is 4.50. The quantitative estimate of drug-likeness (QED) is 0.539. The molecule has 4 heteroatoms. The summed E-state index contributed by atoms with van der Waals surface area (Å²) in [5.41, 5.74) is -0.106. The molecule has 2 nitrogen and oxygen atoms in total. The van der Waals surface area contributed by atoms with Crippen molar-refractivity contribution >= 4 is 16.6 Å². The van der Waals surface area contributed by atoms with Gasteiger partial charge in [0, 0.05) is 6.61 Å². The van der Waals surface area contributed by atoms with E-state index in [1.165, 1.54) is 0 Å². The Morgan fingerprint density at radius 3 is 1.38 bits per heavy atom. The maximum Gasteiger partial charge on any atom is 0.192 e. The molecule has 0 heterocycles. The second-order valence-electron chi connectivity index (χ2n) is 9.98. The van der Waals surface area contributed by atoms with Crippen LogP contribution in [0.1, 0.15) is 61.8 Å². The van der Waals surface area contributed by atoms with Crippen LogP contribution < -0.4 is 0 Å². The topological polar surface area (TPSA) is 18.5 Å². The van der Waals surface area contributed by atoms with Crippen LogP contribution in [-0.4, -0.2) is 28.8 Å². The molecule has 0 bridgehead atoms. The lowest BCUT2D eigenvalue weighted by atomic mass is 10.1. The Bertz CT molecular complexity index is 334. The van der Waals surface area contributed by atoms with E-state index in [-0.39, 0.29) is 15.7 Å². The predicted molar refractivity (Wildman–Crippen MR) is 100 cm³/mol. The molecule has 0 aliphatic carbocycles. The third-order valence-electron chi connectivity index (χ3n) is 5.31. The molecule has 0 aliphatic rings. The Balaban J connectivity index is 4.59. The van der Waals surface area contributed by atoms with Crippen molar-refractivity contribution in [2.24, 2.45) is 0 Å². The smallest absolute Gasteiger partial charge is 0.192 e. The van der Waals surface area contributed by atoms with Crippen molar-refractivity contribution in [1.82, 2.24) is 0 Å². The zero-order chi connectivity index (χ0) is 17.3. The number of hydrogen-bond acceptors (Lipinski definition) is 2. The average Bonchev–Trinajstić information content (AvgIpc) is 2.10. The summed E-state index contributed by atoms with van der Waals surface area (Å²) in [7, 11) is -3.36. The van der Waals surface area contributed by atoms with Crippen LogP contribution in [0.25, 0.3) is 0 Å². The largest absolute Gasteiger partial charge is 0.417 e. The molecule has 0 spiro atoms. The van der Waals surface area contributed by atoms with Gasteiger partial charge in [-0.15, -0.1) is 0 Å². The van der Waals surface area contributed by atoms with Gasteiger partial charge in [-0.05, 0) is 56.5 Å². The first-order valence-electron chi connectivity index (χ1n) is 8.25. The number of hydrogen-bond donors (Lipinski definition) is 0. The summed E-state index contributed by atoms with van der Waals surface area (Å²) in [6.07, 6.45) is 0.964. The second-order valence-corrected chi connectivity index (χ2v) is 19.5. The van der Waals surface area contributed by atoms with Crippen LogP contribution in [0.15, 0.2) is 0 Å². The highest BCUT2D eigenvalue weighted by Crippen LogP contribution is 2.40. The summed E-state index contributed by atoms with van der Waals surface area (Å²) < 4.78 is 12.9. The SMILES string of the molecule is CC(C)(CCO[Si](C)(C)C(C)(C)C)O[Si](C)(C)C(C)(C)C. The highest BCUT2D eigenvalue weighted by Gasteiger charge is 2.42. The molecule has 128 valence electrons. The van der Waals surface area contributed by atoms with Crippen LogP contribution in [0, 0.1) is 0 Å². The number of rotatable bonds is 6. The molecule has 0 saturated heterocycles. The molecular formula is C17H40O2Si2. The molecule has 0 aromatic rings. The fraction of sp³-hybridized carbons (Fsp3) is 1.00. The molecule has 0 aromatic carbocycles. The second kappa shape index (κ2) is 6.46. The van der Waals surface area contributed by atoms with Crippen LogP contribution >= 0.6 is 0 Å². The molecule has 0 N–H and O–H groups in total. The summed E-state index contributed by atoms with van der Waals surface area (Å²) in [6.45, 7) is 28.2. The molecule has 21 heavy (non-hydrogen) atoms. The first kappa shape index (κ1) is 21.4. The monoisotopic (exact) mass is 332 g/mol. The molecule has 0 saturated carbocycles. The Hall–Kier alpha value is 0.354. The third-order valence-corrected chi connectivity index (χ3v) is 14.5. The zero-order valence-electron chi connectivity index (χ0n) is 16.7. The van der Waals surface area contributed by atoms with E-state index >= 15 is 0 Å². The summed E-state index contributed by atoms with van der Waals surface area (Å²) in [5.74, 6) is 0. The highest BCUT2D eigenvalue weighted by molar-refractivity contribution is 6.74. The third kappa shape index (κ3) is 6.55. The highest BCUT2D eigenvalue weighted by atomic mass is 28.4. The standard InChI is InChI=1S/C17H40O2Si2/c1-15(2,3)20(9,10)18-14-13-17(7,8)19-21(11,12)16(4,5)6/h13-14H2,1-12H3. The van der Waals surface area contributed by atoms with Gasteiger partial charge in [0.25, 0.3) is 0 Å². The van der Waals surface area contributed by atoms with Crippen LogP contribution in [-0.2, 0) is 8.85 Å². The Kier molecular flexibility index (Phi) is 6.57. The Labute approximate surface area is 136 Å². The maximum atomic E-state index is 6.56. The van der Waals surface area contributed by atoms with Crippen molar-refractivity contribution in [3.8, 4) is 0 Å². The summed E-state index contributed by atoms with van der Waals surface area (Å²) in [6, 6.07) is 0. The normalized spacial score (nSPS) is 15.4. The van der Waals surface area contributed by atoms with Crippen molar-refractivity contribution < 1.29 is 8.85 Å². The van der Waals surface area contributed by atoms with Crippen molar-refractivity contribution in [2.75, 3.05) is 6.61 Å². The van der Waals surface area contributed by atoms with Crippen molar-refractivity contribution in [2.45, 2.75) is 104 Å². The van der Waals surface area contributed by atoms with Gasteiger partial charge >= 0.3 is 0 Å². The van der Waals surface area contributed by atoms with E-state index in [2.05, 4.69) is 81.6 Å². The van der Waals surface area contributed by atoms with Gasteiger partial charge in [-0.25, -0.2) is 0 Å². The predicted octanol–water partition coefficient (Wildman–Crippen LogP) is 6.20. The van der Waals surface area contributed by atoms with Gasteiger partial charge in [0.1, 0.15) is 0 Å². The van der Waals surface area contributed by atoms with Gasteiger partial charge in [-0.2, -0.15) is 0 Å². The molecule has 0 radical (unpaired) electrons. The molecule has 0 rings (SSSR count). The molecule has 0 fully saturated rings. The molecule has 0 unspecified atom stereocenters. The Morgan fingerprint density at radius 2 is 1.05 bits per heavy atom. The van der Waals surface area contributed by atoms with Crippen LogP contribution in [0.4, 0.5) is 0 Å². The molecule has 0 aromatic heterocycles. The minimum atomic E-state index is -1.72. The van der Waals surface area contributed by atoms with Crippen LogP contribution in [0.3, 0.4) is 0 Å². The zero-order valence-corrected chi connectivity index (χ0v) is 18.7. The van der Waals surface area contributed by atoms with E-state index in [4.69, 9.17) is 8.85 Å². The molecule has 0 atom stereocenters. The lowest BCUT2D eigenvalue weighted by Crippen LogP contribution is -2.48. The van der Waals surface area contributed by atoms with Gasteiger partial charge in [0.05, 0.1) is 5.60 Å². The first-order chi connectivity index (χ1) is 8.91. The van der Waals surface area contributed by atoms with Gasteiger partial charge in [-0.3, -0.25) is 0 Å². The molecule has 0 aliphatic heterocycles. The first-order valence-corrected chi connectivity index (χ1v) is 14.1. The minimum absolute atomic E-state index is 0.106. The fourth-order valence-electron chi connectivity index (χ4n) is 1.66. The van der Waals surface area contributed by atoms with Crippen molar-refractivity contribution in [3.05, 3.63) is 0 Å². The maximum absolute atomic E-state index is 6.56. The Morgan fingerprint density at radius 1 is 0.667 bits per heavy atom. The van der Waals surface area contributed by atoms with E-state index in [0.717, 1.165) is 13.0 Å². The minimum Gasteiger partial charge on any atom is -0.417 e. The van der Waals surface area contributed by atoms with E-state index in [1.54, 1.807) is 0 Å². The lowest BCUT2D eigenvalue weighted by molar-refractivity contribution is 0.0639. The van der Waals surface area contributed by atoms with Gasteiger partial charge in [0.15, 0.2) is 16.6 Å². The summed E-state index contributed by atoms with van der Waals surface area (Å²) in [4.78, 5) is 0. The molecule has 0 amide bonds. The van der Waals surface area contributed by atoms with E-state index in [0.29, 0.717) is 0 Å². The van der Waals surface area contributed by atoms with Crippen molar-refractivity contribution in [3.63, 3.8) is 0 Å². The lowest BCUT2D eigenvalue weighted by Gasteiger charge is -2.43. The van der Waals surface area contributed by atoms with Crippen LogP contribution in [0.2, 0.25) is 36.3 Å². The van der Waals surface area contributed by atoms with Gasteiger partial charge in [0.2, 0.25) is 0 Å². The average molecular weight is 333 g/mol. The van der Waals surface area contributed by atoms with Crippen molar-refractivity contribution in [1.29, 1.82) is 0 Å². The molecular weight excluding hydrogens is 292 g/mol. The van der Waals surface area contributed by atoms with E-state index in [1.807, 2.05) is 0 Å². The summed E-state index contributed by atoms with van der Waals surface area (Å²) in [5, 5.41) is 0.530. The van der Waals surface area contributed by atoms with E-state index < -0.39 is 16.6 Å².